The first-order valence-electron chi connectivity index (χ1n) is 7.38. The lowest BCUT2D eigenvalue weighted by Gasteiger charge is -2.35. The molecule has 0 saturated carbocycles. The van der Waals surface area contributed by atoms with Gasteiger partial charge in [-0.05, 0) is 69.5 Å². The number of hydrogen-bond donors (Lipinski definition) is 2. The van der Waals surface area contributed by atoms with Crippen LogP contribution in [0.1, 0.15) is 32.3 Å². The fraction of sp³-hybridized carbons (Fsp3) is 0.625. The maximum absolute atomic E-state index is 9.56. The quantitative estimate of drug-likeness (QED) is 0.818. The van der Waals surface area contributed by atoms with Gasteiger partial charge in [-0.25, -0.2) is 0 Å². The van der Waals surface area contributed by atoms with Crippen molar-refractivity contribution in [1.82, 2.24) is 4.90 Å². The predicted octanol–water partition coefficient (Wildman–Crippen LogP) is 3.23. The number of likely N-dealkylation sites (tertiary alicyclic amines) is 1. The Morgan fingerprint density at radius 2 is 2.26 bits per heavy atom. The SMILES string of the molecule is CCN1CCCC(C(C)Nc2ccc(O)c(C)c2)C1. The van der Waals surface area contributed by atoms with Gasteiger partial charge in [0.25, 0.3) is 0 Å². The summed E-state index contributed by atoms with van der Waals surface area (Å²) in [5.74, 6) is 1.08. The highest BCUT2D eigenvalue weighted by Crippen LogP contribution is 2.25. The van der Waals surface area contributed by atoms with E-state index in [1.54, 1.807) is 6.07 Å². The van der Waals surface area contributed by atoms with E-state index < -0.39 is 0 Å². The lowest BCUT2D eigenvalue weighted by molar-refractivity contribution is 0.172. The molecule has 1 aliphatic rings. The topological polar surface area (TPSA) is 35.5 Å². The number of piperidine rings is 1. The van der Waals surface area contributed by atoms with Crippen LogP contribution in [-0.4, -0.2) is 35.7 Å². The van der Waals surface area contributed by atoms with Gasteiger partial charge in [-0.1, -0.05) is 6.92 Å². The van der Waals surface area contributed by atoms with Gasteiger partial charge in [-0.15, -0.1) is 0 Å². The second-order valence-electron chi connectivity index (χ2n) is 5.73. The van der Waals surface area contributed by atoms with Crippen LogP contribution in [0.5, 0.6) is 5.75 Å². The standard InChI is InChI=1S/C16H26N2O/c1-4-18-9-5-6-14(11-18)13(3)17-15-7-8-16(19)12(2)10-15/h7-8,10,13-14,17,19H,4-6,9,11H2,1-3H3. The molecule has 1 saturated heterocycles. The van der Waals surface area contributed by atoms with Crippen molar-refractivity contribution in [2.45, 2.75) is 39.7 Å². The fourth-order valence-corrected chi connectivity index (χ4v) is 2.91. The van der Waals surface area contributed by atoms with E-state index in [1.807, 2.05) is 19.1 Å². The van der Waals surface area contributed by atoms with Crippen LogP contribution in [-0.2, 0) is 0 Å². The second-order valence-corrected chi connectivity index (χ2v) is 5.73. The molecule has 0 spiro atoms. The minimum absolute atomic E-state index is 0.369. The van der Waals surface area contributed by atoms with Crippen LogP contribution >= 0.6 is 0 Å². The molecule has 0 radical (unpaired) electrons. The normalized spacial score (nSPS) is 22.2. The van der Waals surface area contributed by atoms with E-state index in [4.69, 9.17) is 0 Å². The van der Waals surface area contributed by atoms with Crippen LogP contribution in [0.25, 0.3) is 0 Å². The lowest BCUT2D eigenvalue weighted by atomic mass is 9.91. The molecule has 1 aromatic rings. The Kier molecular flexibility index (Phi) is 4.70. The number of phenols is 1. The maximum Gasteiger partial charge on any atom is 0.118 e. The highest BCUT2D eigenvalue weighted by molar-refractivity contribution is 5.50. The summed E-state index contributed by atoms with van der Waals surface area (Å²) in [6, 6.07) is 6.22. The number of rotatable bonds is 4. The van der Waals surface area contributed by atoms with Crippen LogP contribution in [0.4, 0.5) is 5.69 Å². The monoisotopic (exact) mass is 262 g/mol. The third-order valence-electron chi connectivity index (χ3n) is 4.29. The first-order chi connectivity index (χ1) is 9.10. The van der Waals surface area contributed by atoms with E-state index >= 15 is 0 Å². The molecule has 1 aliphatic heterocycles. The summed E-state index contributed by atoms with van der Waals surface area (Å²) in [7, 11) is 0. The van der Waals surface area contributed by atoms with Gasteiger partial charge in [-0.3, -0.25) is 0 Å². The number of anilines is 1. The maximum atomic E-state index is 9.56. The molecule has 106 valence electrons. The molecule has 2 unspecified atom stereocenters. The van der Waals surface area contributed by atoms with Gasteiger partial charge in [0.15, 0.2) is 0 Å². The number of nitrogens with zero attached hydrogens (tertiary/aromatic N) is 1. The van der Waals surface area contributed by atoms with Gasteiger partial charge in [-0.2, -0.15) is 0 Å². The van der Waals surface area contributed by atoms with Crippen molar-refractivity contribution in [3.63, 3.8) is 0 Å². The van der Waals surface area contributed by atoms with E-state index in [9.17, 15) is 5.11 Å². The zero-order chi connectivity index (χ0) is 13.8. The Morgan fingerprint density at radius 1 is 1.47 bits per heavy atom. The van der Waals surface area contributed by atoms with Crippen LogP contribution in [0.2, 0.25) is 0 Å². The average molecular weight is 262 g/mol. The molecule has 19 heavy (non-hydrogen) atoms. The molecule has 1 heterocycles. The zero-order valence-corrected chi connectivity index (χ0v) is 12.3. The van der Waals surface area contributed by atoms with E-state index in [1.165, 1.54) is 25.9 Å². The molecule has 1 aromatic carbocycles. The Balaban J connectivity index is 1.96. The Labute approximate surface area is 116 Å². The Bertz CT molecular complexity index is 419. The van der Waals surface area contributed by atoms with Gasteiger partial charge in [0, 0.05) is 18.3 Å². The van der Waals surface area contributed by atoms with E-state index in [-0.39, 0.29) is 0 Å². The molecule has 1 fully saturated rings. The van der Waals surface area contributed by atoms with Crippen LogP contribution in [0.3, 0.4) is 0 Å². The van der Waals surface area contributed by atoms with Gasteiger partial charge in [0.1, 0.15) is 5.75 Å². The largest absolute Gasteiger partial charge is 0.508 e. The highest BCUT2D eigenvalue weighted by Gasteiger charge is 2.23. The number of benzene rings is 1. The molecule has 0 amide bonds. The summed E-state index contributed by atoms with van der Waals surface area (Å²) in [5.41, 5.74) is 2.03. The molecule has 2 atom stereocenters. The van der Waals surface area contributed by atoms with Crippen molar-refractivity contribution in [3.05, 3.63) is 23.8 Å². The summed E-state index contributed by atoms with van der Waals surface area (Å²) >= 11 is 0. The number of aryl methyl sites for hydroxylation is 1. The molecule has 3 heteroatoms. The third kappa shape index (κ3) is 3.63. The Hall–Kier alpha value is -1.22. The van der Waals surface area contributed by atoms with Gasteiger partial charge < -0.3 is 15.3 Å². The molecule has 0 bridgehead atoms. The lowest BCUT2D eigenvalue weighted by Crippen LogP contribution is -2.41. The van der Waals surface area contributed by atoms with Crippen LogP contribution in [0, 0.1) is 12.8 Å². The molecule has 3 nitrogen and oxygen atoms in total. The van der Waals surface area contributed by atoms with Crippen molar-refractivity contribution in [1.29, 1.82) is 0 Å². The molecule has 0 aromatic heterocycles. The minimum Gasteiger partial charge on any atom is -0.508 e. The third-order valence-corrected chi connectivity index (χ3v) is 4.29. The van der Waals surface area contributed by atoms with Crippen LogP contribution in [0.15, 0.2) is 18.2 Å². The Morgan fingerprint density at radius 3 is 2.95 bits per heavy atom. The zero-order valence-electron chi connectivity index (χ0n) is 12.3. The highest BCUT2D eigenvalue weighted by atomic mass is 16.3. The van der Waals surface area contributed by atoms with Crippen molar-refractivity contribution < 1.29 is 5.11 Å². The molecule has 2 rings (SSSR count). The predicted molar refractivity (Wildman–Crippen MR) is 80.8 cm³/mol. The minimum atomic E-state index is 0.369. The van der Waals surface area contributed by atoms with Crippen molar-refractivity contribution in [2.75, 3.05) is 25.0 Å². The number of hydrogen-bond acceptors (Lipinski definition) is 3. The van der Waals surface area contributed by atoms with Gasteiger partial charge in [0.05, 0.1) is 0 Å². The van der Waals surface area contributed by atoms with Crippen molar-refractivity contribution in [3.8, 4) is 5.75 Å². The summed E-state index contributed by atoms with van der Waals surface area (Å²) < 4.78 is 0. The first-order valence-corrected chi connectivity index (χ1v) is 7.38. The fourth-order valence-electron chi connectivity index (χ4n) is 2.91. The number of aromatic hydroxyl groups is 1. The van der Waals surface area contributed by atoms with E-state index in [0.717, 1.165) is 17.8 Å². The molecule has 2 N–H and O–H groups in total. The number of nitrogens with one attached hydrogen (secondary N) is 1. The summed E-state index contributed by atoms with van der Waals surface area (Å²) in [4.78, 5) is 2.54. The van der Waals surface area contributed by atoms with E-state index in [2.05, 4.69) is 24.1 Å². The average Bonchev–Trinajstić information content (AvgIpc) is 2.43. The van der Waals surface area contributed by atoms with Crippen molar-refractivity contribution in [2.24, 2.45) is 5.92 Å². The molecule has 0 aliphatic carbocycles. The van der Waals surface area contributed by atoms with Crippen molar-refractivity contribution >= 4 is 5.69 Å². The van der Waals surface area contributed by atoms with Gasteiger partial charge >= 0.3 is 0 Å². The summed E-state index contributed by atoms with van der Waals surface area (Å²) in [5, 5.41) is 13.1. The summed E-state index contributed by atoms with van der Waals surface area (Å²) in [6.07, 6.45) is 2.61. The number of phenolic OH excluding ortho intramolecular Hbond substituents is 1. The second kappa shape index (κ2) is 6.29. The van der Waals surface area contributed by atoms with Gasteiger partial charge in [0.2, 0.25) is 0 Å². The molecular weight excluding hydrogens is 236 g/mol. The summed E-state index contributed by atoms with van der Waals surface area (Å²) in [6.45, 7) is 10.0. The smallest absolute Gasteiger partial charge is 0.118 e. The first kappa shape index (κ1) is 14.2. The van der Waals surface area contributed by atoms with Crippen LogP contribution < -0.4 is 5.32 Å². The van der Waals surface area contributed by atoms with E-state index in [0.29, 0.717) is 17.7 Å². The molecular formula is C16H26N2O.